The van der Waals surface area contributed by atoms with Crippen molar-refractivity contribution < 1.29 is 33.9 Å². The highest BCUT2D eigenvalue weighted by molar-refractivity contribution is 8.00. The number of aliphatic carboxylic acids is 1. The number of carbonyl (C=O) groups is 4. The number of hydrogen-bond donors (Lipinski definition) is 3. The number of rotatable bonds is 14. The van der Waals surface area contributed by atoms with Gasteiger partial charge in [0.15, 0.2) is 10.8 Å². The molecule has 3 aliphatic rings. The summed E-state index contributed by atoms with van der Waals surface area (Å²) >= 11 is 2.45. The van der Waals surface area contributed by atoms with Gasteiger partial charge in [-0.25, -0.2) is 14.6 Å². The standard InChI is InChI=1S/C41H40N8O7S2/c1-39(2,3)55-37(54)40(20-13-21-40)56-47-30(33(50)45-31-34(51)49-32(36(52)53)25(22-43-48-42)23-57-35(31)49)29-24-58-38(44-29)46-41(26-14-7-4-8-15-26,27-16-9-5-10-17-27)28-18-11-6-12-19-28/h4-12,14-19,24,31,35H,13,20-23H2,1-3H3,(H,44,46)(H,45,50)(H,52,53)/t31?,35-/m0/s1. The van der Waals surface area contributed by atoms with Gasteiger partial charge in [0.25, 0.3) is 11.8 Å². The summed E-state index contributed by atoms with van der Waals surface area (Å²) in [6, 6.07) is 28.6. The second-order valence-electron chi connectivity index (χ2n) is 14.9. The lowest BCUT2D eigenvalue weighted by Gasteiger charge is -2.49. The summed E-state index contributed by atoms with van der Waals surface area (Å²) in [5.41, 5.74) is 8.24. The molecule has 0 spiro atoms. The second kappa shape index (κ2) is 16.4. The van der Waals surface area contributed by atoms with Gasteiger partial charge in [-0.1, -0.05) is 101 Å². The Morgan fingerprint density at radius 3 is 2.07 bits per heavy atom. The van der Waals surface area contributed by atoms with Gasteiger partial charge in [-0.3, -0.25) is 14.5 Å². The number of carboxylic acid groups (broad SMARTS) is 1. The molecule has 1 unspecified atom stereocenters. The van der Waals surface area contributed by atoms with Crippen molar-refractivity contribution >= 4 is 57.7 Å². The number of carbonyl (C=O) groups excluding carboxylic acids is 3. The molecule has 0 bridgehead atoms. The molecule has 17 heteroatoms. The number of esters is 1. The van der Waals surface area contributed by atoms with E-state index in [9.17, 15) is 24.3 Å². The molecule has 1 saturated carbocycles. The summed E-state index contributed by atoms with van der Waals surface area (Å²) in [4.78, 5) is 68.1. The molecule has 1 aromatic heterocycles. The van der Waals surface area contributed by atoms with Crippen LogP contribution in [0.25, 0.3) is 10.4 Å². The van der Waals surface area contributed by atoms with E-state index in [-0.39, 0.29) is 35.0 Å². The fourth-order valence-corrected chi connectivity index (χ4v) is 9.14. The molecule has 2 atom stereocenters. The molecule has 1 saturated heterocycles. The van der Waals surface area contributed by atoms with E-state index in [2.05, 4.69) is 25.8 Å². The van der Waals surface area contributed by atoms with Crippen LogP contribution in [0.3, 0.4) is 0 Å². The quantitative estimate of drug-likeness (QED) is 0.0182. The van der Waals surface area contributed by atoms with Crippen molar-refractivity contribution in [1.29, 1.82) is 0 Å². The van der Waals surface area contributed by atoms with Crippen molar-refractivity contribution in [3.63, 3.8) is 0 Å². The van der Waals surface area contributed by atoms with Crippen LogP contribution in [0.2, 0.25) is 0 Å². The van der Waals surface area contributed by atoms with Crippen LogP contribution in [0.5, 0.6) is 0 Å². The largest absolute Gasteiger partial charge is 0.477 e. The molecule has 15 nitrogen and oxygen atoms in total. The number of nitrogens with one attached hydrogen (secondary N) is 2. The maximum atomic E-state index is 14.3. The molecule has 298 valence electrons. The second-order valence-corrected chi connectivity index (χ2v) is 16.9. The SMILES string of the molecule is CC(C)(C)OC(=O)C1(ON=C(C(=O)NC2C(=O)N3C(C(=O)O)=C(CN=[N+]=[N-])CS[C@@H]23)c2csc(NC(c3ccccc3)(c3ccccc3)c3ccccc3)n2)CCC1. The number of oxime groups is 1. The van der Waals surface area contributed by atoms with Crippen LogP contribution >= 0.6 is 23.1 Å². The highest BCUT2D eigenvalue weighted by Gasteiger charge is 2.55. The van der Waals surface area contributed by atoms with E-state index in [4.69, 9.17) is 20.1 Å². The van der Waals surface area contributed by atoms with Gasteiger partial charge in [0.2, 0.25) is 5.60 Å². The molecule has 2 aliphatic heterocycles. The first-order valence-corrected chi connectivity index (χ1v) is 20.4. The average Bonchev–Trinajstić information content (AvgIpc) is 3.66. The smallest absolute Gasteiger partial charge is 0.353 e. The zero-order valence-electron chi connectivity index (χ0n) is 31.8. The predicted octanol–water partition coefficient (Wildman–Crippen LogP) is 6.58. The highest BCUT2D eigenvalue weighted by atomic mass is 32.2. The highest BCUT2D eigenvalue weighted by Crippen LogP contribution is 2.43. The number of azide groups is 1. The van der Waals surface area contributed by atoms with E-state index in [1.54, 1.807) is 26.2 Å². The van der Waals surface area contributed by atoms with Gasteiger partial charge in [0.05, 0.1) is 6.54 Å². The molecule has 0 radical (unpaired) electrons. The van der Waals surface area contributed by atoms with Crippen LogP contribution in [0.4, 0.5) is 5.13 Å². The summed E-state index contributed by atoms with van der Waals surface area (Å²) in [5, 5.41) is 25.5. The third-order valence-electron chi connectivity index (χ3n) is 9.98. The number of benzene rings is 3. The zero-order chi connectivity index (χ0) is 41.1. The Balaban J connectivity index is 1.25. The molecule has 2 amide bonds. The van der Waals surface area contributed by atoms with Crippen LogP contribution < -0.4 is 10.6 Å². The molecule has 4 aromatic rings. The van der Waals surface area contributed by atoms with Crippen molar-refractivity contribution in [2.45, 2.75) is 68.2 Å². The summed E-state index contributed by atoms with van der Waals surface area (Å²) in [7, 11) is 0. The fraction of sp³-hybridized carbons (Fsp3) is 0.317. The number of thioether (sulfide) groups is 1. The van der Waals surface area contributed by atoms with Crippen LogP contribution in [0, 0.1) is 0 Å². The molecule has 3 heterocycles. The van der Waals surface area contributed by atoms with Gasteiger partial charge in [-0.15, -0.1) is 23.1 Å². The van der Waals surface area contributed by atoms with E-state index >= 15 is 0 Å². The lowest BCUT2D eigenvalue weighted by molar-refractivity contribution is -0.196. The fourth-order valence-electron chi connectivity index (χ4n) is 7.05. The number of nitrogens with zero attached hydrogens (tertiary/aromatic N) is 6. The average molecular weight is 821 g/mol. The first-order chi connectivity index (χ1) is 27.9. The molecule has 7 rings (SSSR count). The predicted molar refractivity (Wildman–Crippen MR) is 219 cm³/mol. The van der Waals surface area contributed by atoms with Gasteiger partial charge >= 0.3 is 11.9 Å². The zero-order valence-corrected chi connectivity index (χ0v) is 33.5. The van der Waals surface area contributed by atoms with Crippen molar-refractivity contribution in [2.24, 2.45) is 10.3 Å². The van der Waals surface area contributed by atoms with Crippen molar-refractivity contribution in [3.05, 3.63) is 140 Å². The summed E-state index contributed by atoms with van der Waals surface area (Å²) in [5.74, 6) is -3.28. The monoisotopic (exact) mass is 820 g/mol. The number of fused-ring (bicyclic) bond motifs is 1. The number of carboxylic acids is 1. The Hall–Kier alpha value is -6.16. The summed E-state index contributed by atoms with van der Waals surface area (Å²) < 4.78 is 5.67. The number of β-lactam (4-membered cyclic amide) rings is 1. The van der Waals surface area contributed by atoms with Crippen LogP contribution in [0.1, 0.15) is 62.4 Å². The van der Waals surface area contributed by atoms with E-state index in [1.807, 2.05) is 91.0 Å². The maximum Gasteiger partial charge on any atom is 0.353 e. The lowest BCUT2D eigenvalue weighted by Crippen LogP contribution is -2.71. The number of hydrogen-bond acceptors (Lipinski definition) is 12. The number of thiazole rings is 1. The molecule has 1 aliphatic carbocycles. The van der Waals surface area contributed by atoms with Gasteiger partial charge < -0.3 is 25.3 Å². The van der Waals surface area contributed by atoms with E-state index in [0.29, 0.717) is 24.4 Å². The number of aromatic nitrogens is 1. The molecule has 2 fully saturated rings. The lowest BCUT2D eigenvalue weighted by atomic mass is 9.77. The number of amides is 2. The van der Waals surface area contributed by atoms with Crippen molar-refractivity contribution in [2.75, 3.05) is 17.6 Å². The Kier molecular flexibility index (Phi) is 11.3. The van der Waals surface area contributed by atoms with E-state index in [0.717, 1.165) is 21.6 Å². The van der Waals surface area contributed by atoms with Crippen molar-refractivity contribution in [1.82, 2.24) is 15.2 Å². The Morgan fingerprint density at radius 1 is 0.983 bits per heavy atom. The normalized spacial score (nSPS) is 18.8. The van der Waals surface area contributed by atoms with Crippen LogP contribution in [-0.4, -0.2) is 79.4 Å². The van der Waals surface area contributed by atoms with Gasteiger partial charge in [0.1, 0.15) is 33.9 Å². The Morgan fingerprint density at radius 2 is 1.57 bits per heavy atom. The molecular formula is C41H40N8O7S2. The third kappa shape index (κ3) is 7.75. The van der Waals surface area contributed by atoms with Gasteiger partial charge in [-0.2, -0.15) is 0 Å². The first kappa shape index (κ1) is 40.1. The van der Waals surface area contributed by atoms with Crippen molar-refractivity contribution in [3.8, 4) is 0 Å². The summed E-state index contributed by atoms with van der Waals surface area (Å²) in [6.07, 6.45) is 1.30. The number of anilines is 1. The van der Waals surface area contributed by atoms with Gasteiger partial charge in [-0.05, 0) is 55.0 Å². The molecule has 3 N–H and O–H groups in total. The topological polar surface area (TPSA) is 208 Å². The minimum atomic E-state index is -1.43. The maximum absolute atomic E-state index is 14.3. The van der Waals surface area contributed by atoms with E-state index in [1.165, 1.54) is 23.1 Å². The molecular weight excluding hydrogens is 781 g/mol. The molecule has 3 aromatic carbocycles. The Labute approximate surface area is 342 Å². The Bertz CT molecular complexity index is 2220. The van der Waals surface area contributed by atoms with Gasteiger partial charge in [0, 0.05) is 28.9 Å². The van der Waals surface area contributed by atoms with Crippen LogP contribution in [-0.2, 0) is 34.3 Å². The van der Waals surface area contributed by atoms with Crippen LogP contribution in [0.15, 0.2) is 118 Å². The molecule has 58 heavy (non-hydrogen) atoms. The summed E-state index contributed by atoms with van der Waals surface area (Å²) in [6.45, 7) is 5.02. The first-order valence-electron chi connectivity index (χ1n) is 18.5. The number of ether oxygens (including phenoxy) is 1. The minimum absolute atomic E-state index is 0.106. The minimum Gasteiger partial charge on any atom is -0.477 e. The van der Waals surface area contributed by atoms with E-state index < -0.39 is 51.9 Å². The third-order valence-corrected chi connectivity index (χ3v) is 12.1.